The third-order valence-electron chi connectivity index (χ3n) is 3.95. The zero-order chi connectivity index (χ0) is 18.7. The molecule has 0 heterocycles. The van der Waals surface area contributed by atoms with E-state index in [1.807, 2.05) is 60.7 Å². The largest absolute Gasteiger partial charge is 0.494 e. The summed E-state index contributed by atoms with van der Waals surface area (Å²) >= 11 is 1.80. The lowest BCUT2D eigenvalue weighted by Gasteiger charge is -2.08. The number of hydrogen-bond acceptors (Lipinski definition) is 3. The fourth-order valence-corrected chi connectivity index (χ4v) is 3.41. The Kier molecular flexibility index (Phi) is 7.36. The second-order valence-electron chi connectivity index (χ2n) is 6.11. The van der Waals surface area contributed by atoms with E-state index in [1.54, 1.807) is 11.8 Å². The molecule has 0 bridgehead atoms. The lowest BCUT2D eigenvalue weighted by atomic mass is 10.2. The van der Waals surface area contributed by atoms with Crippen LogP contribution in [-0.2, 0) is 10.5 Å². The highest BCUT2D eigenvalue weighted by atomic mass is 32.2. The molecule has 0 fully saturated rings. The van der Waals surface area contributed by atoms with Gasteiger partial charge in [-0.2, -0.15) is 0 Å². The van der Waals surface area contributed by atoms with Crippen LogP contribution in [0.4, 0.5) is 5.69 Å². The second kappa shape index (κ2) is 10.4. The Balaban J connectivity index is 1.36. The number of para-hydroxylation sites is 1. The van der Waals surface area contributed by atoms with Crippen molar-refractivity contribution in [3.05, 3.63) is 90.5 Å². The average Bonchev–Trinajstić information content (AvgIpc) is 2.72. The van der Waals surface area contributed by atoms with Crippen molar-refractivity contribution in [1.82, 2.24) is 0 Å². The Labute approximate surface area is 164 Å². The van der Waals surface area contributed by atoms with Crippen LogP contribution in [0.5, 0.6) is 5.75 Å². The molecule has 0 saturated heterocycles. The van der Waals surface area contributed by atoms with Crippen LogP contribution in [-0.4, -0.2) is 12.5 Å². The maximum atomic E-state index is 12.0. The van der Waals surface area contributed by atoms with Crippen LogP contribution in [0, 0.1) is 0 Å². The van der Waals surface area contributed by atoms with E-state index in [2.05, 4.69) is 29.6 Å². The molecule has 0 saturated carbocycles. The number of carbonyl (C=O) groups excluding carboxylic acids is 1. The zero-order valence-electron chi connectivity index (χ0n) is 15.1. The van der Waals surface area contributed by atoms with E-state index in [-0.39, 0.29) is 5.91 Å². The van der Waals surface area contributed by atoms with Crippen molar-refractivity contribution in [2.24, 2.45) is 0 Å². The molecule has 27 heavy (non-hydrogen) atoms. The van der Waals surface area contributed by atoms with Gasteiger partial charge in [-0.3, -0.25) is 4.79 Å². The second-order valence-corrected chi connectivity index (χ2v) is 7.16. The number of hydrogen-bond donors (Lipinski definition) is 1. The van der Waals surface area contributed by atoms with Gasteiger partial charge in [-0.1, -0.05) is 48.5 Å². The highest BCUT2D eigenvalue weighted by molar-refractivity contribution is 7.98. The molecule has 1 amide bonds. The summed E-state index contributed by atoms with van der Waals surface area (Å²) in [5, 5.41) is 2.94. The smallest absolute Gasteiger partial charge is 0.224 e. The normalized spacial score (nSPS) is 10.4. The molecule has 138 valence electrons. The van der Waals surface area contributed by atoms with Crippen LogP contribution in [0.3, 0.4) is 0 Å². The Morgan fingerprint density at radius 3 is 2.22 bits per heavy atom. The number of nitrogens with one attached hydrogen (secondary N) is 1. The Morgan fingerprint density at radius 1 is 0.852 bits per heavy atom. The maximum Gasteiger partial charge on any atom is 0.224 e. The van der Waals surface area contributed by atoms with Crippen LogP contribution in [0.2, 0.25) is 0 Å². The zero-order valence-corrected chi connectivity index (χ0v) is 16.0. The average molecular weight is 378 g/mol. The van der Waals surface area contributed by atoms with Crippen LogP contribution >= 0.6 is 11.8 Å². The van der Waals surface area contributed by atoms with E-state index >= 15 is 0 Å². The first-order valence-electron chi connectivity index (χ1n) is 9.04. The Morgan fingerprint density at radius 2 is 1.52 bits per heavy atom. The van der Waals surface area contributed by atoms with Crippen molar-refractivity contribution < 1.29 is 9.53 Å². The third-order valence-corrected chi connectivity index (χ3v) is 5.03. The summed E-state index contributed by atoms with van der Waals surface area (Å²) in [6, 6.07) is 28.0. The van der Waals surface area contributed by atoms with Crippen molar-refractivity contribution in [3.8, 4) is 5.75 Å². The number of ether oxygens (including phenoxy) is 1. The molecule has 3 aromatic carbocycles. The molecule has 0 spiro atoms. The van der Waals surface area contributed by atoms with Crippen LogP contribution in [0.15, 0.2) is 89.8 Å². The SMILES string of the molecule is O=C(CCCOc1ccccc1)Nc1ccc(CSc2ccccc2)cc1. The van der Waals surface area contributed by atoms with E-state index in [0.717, 1.165) is 17.2 Å². The van der Waals surface area contributed by atoms with Gasteiger partial charge in [-0.05, 0) is 48.4 Å². The number of thioether (sulfide) groups is 1. The molecule has 0 radical (unpaired) electrons. The van der Waals surface area contributed by atoms with Gasteiger partial charge in [0, 0.05) is 22.8 Å². The van der Waals surface area contributed by atoms with Gasteiger partial charge in [0.05, 0.1) is 6.61 Å². The summed E-state index contributed by atoms with van der Waals surface area (Å²) in [7, 11) is 0. The lowest BCUT2D eigenvalue weighted by Crippen LogP contribution is -2.12. The molecule has 4 heteroatoms. The number of anilines is 1. The summed E-state index contributed by atoms with van der Waals surface area (Å²) in [6.45, 7) is 0.535. The number of carbonyl (C=O) groups is 1. The quantitative estimate of drug-likeness (QED) is 0.380. The van der Waals surface area contributed by atoms with Crippen LogP contribution in [0.25, 0.3) is 0 Å². The molecular weight excluding hydrogens is 354 g/mol. The summed E-state index contributed by atoms with van der Waals surface area (Å²) in [4.78, 5) is 13.3. The van der Waals surface area contributed by atoms with Crippen LogP contribution in [0.1, 0.15) is 18.4 Å². The van der Waals surface area contributed by atoms with Crippen molar-refractivity contribution >= 4 is 23.4 Å². The molecule has 3 rings (SSSR count). The molecule has 0 aliphatic heterocycles. The third kappa shape index (κ3) is 6.83. The Hall–Kier alpha value is -2.72. The molecule has 3 aromatic rings. The highest BCUT2D eigenvalue weighted by Gasteiger charge is 2.03. The topological polar surface area (TPSA) is 38.3 Å². The minimum Gasteiger partial charge on any atom is -0.494 e. The standard InChI is InChI=1S/C23H23NO2S/c25-23(12-7-17-26-21-8-3-1-4-9-21)24-20-15-13-19(14-16-20)18-27-22-10-5-2-6-11-22/h1-6,8-11,13-16H,7,12,17-18H2,(H,24,25). The van der Waals surface area contributed by atoms with Gasteiger partial charge in [0.25, 0.3) is 0 Å². The van der Waals surface area contributed by atoms with Crippen molar-refractivity contribution in [2.75, 3.05) is 11.9 Å². The van der Waals surface area contributed by atoms with Gasteiger partial charge < -0.3 is 10.1 Å². The van der Waals surface area contributed by atoms with Crippen molar-refractivity contribution in [1.29, 1.82) is 0 Å². The first kappa shape index (κ1) is 19.1. The van der Waals surface area contributed by atoms with E-state index in [0.29, 0.717) is 19.4 Å². The first-order chi connectivity index (χ1) is 13.3. The minimum absolute atomic E-state index is 0.0121. The molecule has 0 atom stereocenters. The molecule has 3 nitrogen and oxygen atoms in total. The summed E-state index contributed by atoms with van der Waals surface area (Å²) in [6.07, 6.45) is 1.13. The van der Waals surface area contributed by atoms with Gasteiger partial charge in [-0.25, -0.2) is 0 Å². The highest BCUT2D eigenvalue weighted by Crippen LogP contribution is 2.23. The van der Waals surface area contributed by atoms with E-state index in [1.165, 1.54) is 10.5 Å². The monoisotopic (exact) mass is 377 g/mol. The molecule has 0 aliphatic rings. The van der Waals surface area contributed by atoms with Crippen molar-refractivity contribution in [2.45, 2.75) is 23.5 Å². The predicted molar refractivity (Wildman–Crippen MR) is 112 cm³/mol. The molecule has 0 unspecified atom stereocenters. The number of amides is 1. The summed E-state index contributed by atoms with van der Waals surface area (Å²) in [5.41, 5.74) is 2.07. The van der Waals surface area contributed by atoms with E-state index < -0.39 is 0 Å². The first-order valence-corrected chi connectivity index (χ1v) is 10.0. The van der Waals surface area contributed by atoms with Gasteiger partial charge in [-0.15, -0.1) is 11.8 Å². The molecule has 1 N–H and O–H groups in total. The maximum absolute atomic E-state index is 12.0. The number of benzene rings is 3. The molecule has 0 aromatic heterocycles. The van der Waals surface area contributed by atoms with Crippen LogP contribution < -0.4 is 10.1 Å². The summed E-state index contributed by atoms with van der Waals surface area (Å²) in [5.74, 6) is 1.76. The fraction of sp³-hybridized carbons (Fsp3) is 0.174. The Bertz CT molecular complexity index is 820. The predicted octanol–water partition coefficient (Wildman–Crippen LogP) is 5.78. The van der Waals surface area contributed by atoms with E-state index in [9.17, 15) is 4.79 Å². The fourth-order valence-electron chi connectivity index (χ4n) is 2.53. The van der Waals surface area contributed by atoms with E-state index in [4.69, 9.17) is 4.74 Å². The molecular formula is C23H23NO2S. The van der Waals surface area contributed by atoms with Gasteiger partial charge in [0.1, 0.15) is 5.75 Å². The van der Waals surface area contributed by atoms with Crippen molar-refractivity contribution in [3.63, 3.8) is 0 Å². The van der Waals surface area contributed by atoms with Gasteiger partial charge in [0.2, 0.25) is 5.91 Å². The number of rotatable bonds is 9. The lowest BCUT2D eigenvalue weighted by molar-refractivity contribution is -0.116. The molecule has 0 aliphatic carbocycles. The van der Waals surface area contributed by atoms with Gasteiger partial charge in [0.15, 0.2) is 0 Å². The minimum atomic E-state index is 0.0121. The summed E-state index contributed by atoms with van der Waals surface area (Å²) < 4.78 is 5.60. The van der Waals surface area contributed by atoms with Gasteiger partial charge >= 0.3 is 0 Å².